The first-order valence-electron chi connectivity index (χ1n) is 6.61. The van der Waals surface area contributed by atoms with Crippen molar-refractivity contribution in [2.24, 2.45) is 7.05 Å². The summed E-state index contributed by atoms with van der Waals surface area (Å²) < 4.78 is 1.91. The van der Waals surface area contributed by atoms with Crippen LogP contribution in [0.5, 0.6) is 0 Å². The maximum absolute atomic E-state index is 4.51. The lowest BCUT2D eigenvalue weighted by atomic mass is 10.2. The van der Waals surface area contributed by atoms with E-state index in [0.29, 0.717) is 0 Å². The van der Waals surface area contributed by atoms with E-state index in [4.69, 9.17) is 0 Å². The molecule has 4 heteroatoms. The van der Waals surface area contributed by atoms with Crippen LogP contribution >= 0.6 is 11.3 Å². The fourth-order valence-electron chi connectivity index (χ4n) is 2.15. The Bertz CT molecular complexity index is 537. The molecule has 0 spiro atoms. The van der Waals surface area contributed by atoms with Gasteiger partial charge < -0.3 is 5.32 Å². The zero-order valence-electron chi connectivity index (χ0n) is 10.9. The van der Waals surface area contributed by atoms with Gasteiger partial charge in [-0.25, -0.2) is 0 Å². The minimum Gasteiger partial charge on any atom is -0.309 e. The second kappa shape index (κ2) is 4.86. The van der Waals surface area contributed by atoms with Crippen molar-refractivity contribution in [1.82, 2.24) is 15.1 Å². The third kappa shape index (κ3) is 2.49. The highest BCUT2D eigenvalue weighted by molar-refractivity contribution is 7.15. The summed E-state index contributed by atoms with van der Waals surface area (Å²) in [5.74, 6) is 0. The molecule has 2 aromatic heterocycles. The third-order valence-corrected chi connectivity index (χ3v) is 4.43. The van der Waals surface area contributed by atoms with Gasteiger partial charge in [-0.3, -0.25) is 4.68 Å². The first-order chi connectivity index (χ1) is 8.76. The van der Waals surface area contributed by atoms with Crippen LogP contribution < -0.4 is 5.32 Å². The van der Waals surface area contributed by atoms with Crippen molar-refractivity contribution in [3.8, 4) is 10.4 Å². The Hall–Kier alpha value is -1.13. The maximum Gasteiger partial charge on any atom is 0.0708 e. The molecule has 96 valence electrons. The molecular formula is C14H19N3S. The van der Waals surface area contributed by atoms with Crippen molar-refractivity contribution in [3.05, 3.63) is 28.9 Å². The molecule has 0 saturated heterocycles. The molecule has 1 fully saturated rings. The van der Waals surface area contributed by atoms with E-state index >= 15 is 0 Å². The summed E-state index contributed by atoms with van der Waals surface area (Å²) in [4.78, 5) is 2.76. The smallest absolute Gasteiger partial charge is 0.0708 e. The highest BCUT2D eigenvalue weighted by atomic mass is 32.1. The molecular weight excluding hydrogens is 242 g/mol. The molecule has 18 heavy (non-hydrogen) atoms. The van der Waals surface area contributed by atoms with Gasteiger partial charge in [0.05, 0.1) is 5.69 Å². The molecule has 2 heterocycles. The second-order valence-corrected chi connectivity index (χ2v) is 6.11. The molecule has 0 aromatic carbocycles. The predicted octanol–water partition coefficient (Wildman–Crippen LogP) is 2.96. The SMILES string of the molecule is CCc1nn(C)cc1-c1ccc(CNC2CC2)s1. The third-order valence-electron chi connectivity index (χ3n) is 3.31. The first-order valence-corrected chi connectivity index (χ1v) is 7.43. The summed E-state index contributed by atoms with van der Waals surface area (Å²) in [6.07, 6.45) is 5.81. The average molecular weight is 261 g/mol. The van der Waals surface area contributed by atoms with Crippen LogP contribution in [-0.4, -0.2) is 15.8 Å². The van der Waals surface area contributed by atoms with Gasteiger partial charge in [-0.1, -0.05) is 6.92 Å². The lowest BCUT2D eigenvalue weighted by molar-refractivity contribution is 0.695. The number of rotatable bonds is 5. The summed E-state index contributed by atoms with van der Waals surface area (Å²) >= 11 is 1.88. The second-order valence-electron chi connectivity index (χ2n) is 4.94. The number of hydrogen-bond acceptors (Lipinski definition) is 3. The Balaban J connectivity index is 1.78. The fourth-order valence-corrected chi connectivity index (χ4v) is 3.14. The van der Waals surface area contributed by atoms with Crippen LogP contribution in [0.2, 0.25) is 0 Å². The highest BCUT2D eigenvalue weighted by Gasteiger charge is 2.20. The van der Waals surface area contributed by atoms with Gasteiger partial charge in [0.25, 0.3) is 0 Å². The van der Waals surface area contributed by atoms with Crippen molar-refractivity contribution < 1.29 is 0 Å². The standard InChI is InChI=1S/C14H19N3S/c1-3-13-12(9-17(2)16-13)14-7-6-11(18-14)8-15-10-4-5-10/h6-7,9-10,15H,3-5,8H2,1-2H3. The van der Waals surface area contributed by atoms with Crippen molar-refractivity contribution in [2.75, 3.05) is 0 Å². The van der Waals surface area contributed by atoms with Gasteiger partial charge >= 0.3 is 0 Å². The summed E-state index contributed by atoms with van der Waals surface area (Å²) in [7, 11) is 1.99. The molecule has 0 unspecified atom stereocenters. The van der Waals surface area contributed by atoms with Crippen molar-refractivity contribution in [3.63, 3.8) is 0 Å². The number of aromatic nitrogens is 2. The molecule has 1 saturated carbocycles. The molecule has 0 radical (unpaired) electrons. The summed E-state index contributed by atoms with van der Waals surface area (Å²) in [6.45, 7) is 3.17. The normalized spacial score (nSPS) is 15.2. The van der Waals surface area contributed by atoms with Crippen molar-refractivity contribution in [2.45, 2.75) is 38.8 Å². The van der Waals surface area contributed by atoms with Gasteiger partial charge in [0.15, 0.2) is 0 Å². The van der Waals surface area contributed by atoms with E-state index in [0.717, 1.165) is 19.0 Å². The monoisotopic (exact) mass is 261 g/mol. The quantitative estimate of drug-likeness (QED) is 0.897. The lowest BCUT2D eigenvalue weighted by Crippen LogP contribution is -2.14. The summed E-state index contributed by atoms with van der Waals surface area (Å²) in [6, 6.07) is 5.24. The van der Waals surface area contributed by atoms with Crippen LogP contribution in [0.3, 0.4) is 0 Å². The molecule has 1 N–H and O–H groups in total. The van der Waals surface area contributed by atoms with E-state index in [-0.39, 0.29) is 0 Å². The fraction of sp³-hybridized carbons (Fsp3) is 0.500. The Morgan fingerprint density at radius 3 is 3.00 bits per heavy atom. The topological polar surface area (TPSA) is 29.9 Å². The van der Waals surface area contributed by atoms with E-state index in [1.54, 1.807) is 0 Å². The van der Waals surface area contributed by atoms with Gasteiger partial charge in [-0.05, 0) is 31.4 Å². The molecule has 0 atom stereocenters. The average Bonchev–Trinajstić information content (AvgIpc) is 2.94. The zero-order valence-corrected chi connectivity index (χ0v) is 11.8. The minimum atomic E-state index is 0.778. The Morgan fingerprint density at radius 2 is 2.28 bits per heavy atom. The van der Waals surface area contributed by atoms with E-state index in [9.17, 15) is 0 Å². The van der Waals surface area contributed by atoms with Crippen LogP contribution in [0.15, 0.2) is 18.3 Å². The molecule has 2 aromatic rings. The Morgan fingerprint density at radius 1 is 1.44 bits per heavy atom. The van der Waals surface area contributed by atoms with E-state index in [2.05, 4.69) is 35.7 Å². The first kappa shape index (κ1) is 11.9. The van der Waals surface area contributed by atoms with Crippen LogP contribution in [0.4, 0.5) is 0 Å². The van der Waals surface area contributed by atoms with Gasteiger partial charge in [-0.15, -0.1) is 11.3 Å². The van der Waals surface area contributed by atoms with Crippen molar-refractivity contribution >= 4 is 11.3 Å². The summed E-state index contributed by atoms with van der Waals surface area (Å²) in [5.41, 5.74) is 2.49. The number of nitrogens with zero attached hydrogens (tertiary/aromatic N) is 2. The molecule has 1 aliphatic rings. The van der Waals surface area contributed by atoms with E-state index in [1.807, 2.05) is 23.1 Å². The van der Waals surface area contributed by atoms with Crippen LogP contribution in [-0.2, 0) is 20.0 Å². The van der Waals surface area contributed by atoms with Crippen LogP contribution in [0, 0.1) is 0 Å². The van der Waals surface area contributed by atoms with E-state index in [1.165, 1.54) is 33.9 Å². The maximum atomic E-state index is 4.51. The Labute approximate surface area is 112 Å². The van der Waals surface area contributed by atoms with Crippen LogP contribution in [0.25, 0.3) is 10.4 Å². The molecule has 0 bridgehead atoms. The molecule has 1 aliphatic carbocycles. The molecule has 3 nitrogen and oxygen atoms in total. The molecule has 0 amide bonds. The van der Waals surface area contributed by atoms with Crippen molar-refractivity contribution in [1.29, 1.82) is 0 Å². The zero-order chi connectivity index (χ0) is 12.5. The highest BCUT2D eigenvalue weighted by Crippen LogP contribution is 2.31. The van der Waals surface area contributed by atoms with Gasteiger partial charge in [0, 0.05) is 41.1 Å². The number of thiophene rings is 1. The molecule has 3 rings (SSSR count). The number of hydrogen-bond donors (Lipinski definition) is 1. The lowest BCUT2D eigenvalue weighted by Gasteiger charge is -1.98. The minimum absolute atomic E-state index is 0.778. The van der Waals surface area contributed by atoms with Gasteiger partial charge in [-0.2, -0.15) is 5.10 Å². The number of aryl methyl sites for hydroxylation is 2. The predicted molar refractivity (Wildman–Crippen MR) is 75.8 cm³/mol. The van der Waals surface area contributed by atoms with Crippen LogP contribution in [0.1, 0.15) is 30.3 Å². The molecule has 0 aliphatic heterocycles. The largest absolute Gasteiger partial charge is 0.309 e. The summed E-state index contributed by atoms with van der Waals surface area (Å²) in [5, 5.41) is 8.07. The number of nitrogens with one attached hydrogen (secondary N) is 1. The Kier molecular flexibility index (Phi) is 3.22. The van der Waals surface area contributed by atoms with E-state index < -0.39 is 0 Å². The van der Waals surface area contributed by atoms with Gasteiger partial charge in [0.2, 0.25) is 0 Å². The van der Waals surface area contributed by atoms with Gasteiger partial charge in [0.1, 0.15) is 0 Å².